The Kier molecular flexibility index (Phi) is 7.38. The van der Waals surface area contributed by atoms with Gasteiger partial charge in [0, 0.05) is 0 Å². The van der Waals surface area contributed by atoms with Gasteiger partial charge in [0.25, 0.3) is 0 Å². The Morgan fingerprint density at radius 1 is 0.778 bits per heavy atom. The molecule has 1 rings (SSSR count). The van der Waals surface area contributed by atoms with Crippen LogP contribution in [-0.4, -0.2) is 62.4 Å². The largest absolute Gasteiger partial charge is 0.463 e. The summed E-state index contributed by atoms with van der Waals surface area (Å²) in [5.74, 6) is -1.12. The van der Waals surface area contributed by atoms with E-state index in [9.17, 15) is 14.4 Å². The van der Waals surface area contributed by atoms with Gasteiger partial charge >= 0.3 is 11.9 Å². The van der Waals surface area contributed by atoms with Crippen LogP contribution in [0.3, 0.4) is 0 Å². The molecule has 0 N–H and O–H groups in total. The zero-order valence-electron chi connectivity index (χ0n) is 9.72. The van der Waals surface area contributed by atoms with Gasteiger partial charge in [-0.2, -0.15) is 0 Å². The van der Waals surface area contributed by atoms with Crippen molar-refractivity contribution < 1.29 is 33.3 Å². The van der Waals surface area contributed by atoms with E-state index in [2.05, 4.69) is 0 Å². The Balaban J connectivity index is 2.35. The van der Waals surface area contributed by atoms with Crippen LogP contribution in [0.1, 0.15) is 0 Å². The Morgan fingerprint density at radius 2 is 1.44 bits per heavy atom. The lowest BCUT2D eigenvalue weighted by atomic mass is 10.6. The van der Waals surface area contributed by atoms with Crippen LogP contribution in [-0.2, 0) is 33.3 Å². The van der Waals surface area contributed by atoms with Crippen molar-refractivity contribution in [3.63, 3.8) is 0 Å². The van der Waals surface area contributed by atoms with Crippen LogP contribution in [0.25, 0.3) is 0 Å². The van der Waals surface area contributed by atoms with E-state index in [1.807, 2.05) is 0 Å². The van der Waals surface area contributed by atoms with Crippen molar-refractivity contribution >= 4 is 28.8 Å². The minimum atomic E-state index is -0.557. The Hall–Kier alpha value is -1.12. The van der Waals surface area contributed by atoms with E-state index in [-0.39, 0.29) is 50.5 Å². The molecule has 0 radical (unpaired) electrons. The maximum Gasteiger partial charge on any atom is 0.332 e. The van der Waals surface area contributed by atoms with Gasteiger partial charge in [0.15, 0.2) is 0 Å². The standard InChI is InChI=1S/C10H14O7S/c11-8-5-15-6-10(13)18-7-9(12)17-4-2-14-1-3-16-8/h1-7H2. The van der Waals surface area contributed by atoms with Gasteiger partial charge in [-0.05, 0) is 0 Å². The highest BCUT2D eigenvalue weighted by Crippen LogP contribution is 2.03. The van der Waals surface area contributed by atoms with Crippen molar-refractivity contribution in [1.29, 1.82) is 0 Å². The van der Waals surface area contributed by atoms with Crippen LogP contribution in [0.2, 0.25) is 0 Å². The second-order valence-corrected chi connectivity index (χ2v) is 4.24. The zero-order valence-corrected chi connectivity index (χ0v) is 10.5. The fourth-order valence-electron chi connectivity index (χ4n) is 1.01. The van der Waals surface area contributed by atoms with Crippen molar-refractivity contribution in [2.45, 2.75) is 0 Å². The molecular formula is C10H14O7S. The molecule has 0 spiro atoms. The van der Waals surface area contributed by atoms with Gasteiger partial charge in [0.2, 0.25) is 5.12 Å². The highest BCUT2D eigenvalue weighted by atomic mass is 32.2. The molecule has 102 valence electrons. The first-order valence-corrected chi connectivity index (χ1v) is 6.29. The summed E-state index contributed by atoms with van der Waals surface area (Å²) in [5, 5.41) is -0.342. The van der Waals surface area contributed by atoms with E-state index in [0.29, 0.717) is 0 Å². The molecule has 0 unspecified atom stereocenters. The third-order valence-corrected chi connectivity index (χ3v) is 2.59. The maximum atomic E-state index is 11.2. The van der Waals surface area contributed by atoms with Gasteiger partial charge in [0.05, 0.1) is 19.0 Å². The number of thioether (sulfide) groups is 1. The van der Waals surface area contributed by atoms with Crippen LogP contribution < -0.4 is 0 Å². The van der Waals surface area contributed by atoms with E-state index in [4.69, 9.17) is 18.9 Å². The molecule has 0 bridgehead atoms. The van der Waals surface area contributed by atoms with Crippen LogP contribution >= 0.6 is 11.8 Å². The first-order chi connectivity index (χ1) is 8.68. The topological polar surface area (TPSA) is 88.1 Å². The van der Waals surface area contributed by atoms with Crippen molar-refractivity contribution in [1.82, 2.24) is 0 Å². The maximum absolute atomic E-state index is 11.2. The monoisotopic (exact) mass is 278 g/mol. The fraction of sp³-hybridized carbons (Fsp3) is 0.700. The first-order valence-electron chi connectivity index (χ1n) is 5.31. The number of cyclic esters (lactones) is 2. The quantitative estimate of drug-likeness (QED) is 0.542. The minimum absolute atomic E-state index is 0.0767. The van der Waals surface area contributed by atoms with Gasteiger partial charge in [-0.1, -0.05) is 11.8 Å². The molecule has 0 amide bonds. The van der Waals surface area contributed by atoms with Crippen molar-refractivity contribution in [2.75, 3.05) is 45.4 Å². The summed E-state index contributed by atoms with van der Waals surface area (Å²) in [6, 6.07) is 0. The van der Waals surface area contributed by atoms with E-state index in [1.165, 1.54) is 0 Å². The zero-order chi connectivity index (χ0) is 13.2. The molecule has 0 aromatic rings. The molecule has 1 fully saturated rings. The molecule has 18 heavy (non-hydrogen) atoms. The molecule has 1 heterocycles. The van der Waals surface area contributed by atoms with Gasteiger partial charge in [-0.15, -0.1) is 0 Å². The molecule has 0 saturated carbocycles. The summed E-state index contributed by atoms with van der Waals surface area (Å²) < 4.78 is 19.5. The normalized spacial score (nSPS) is 21.4. The minimum Gasteiger partial charge on any atom is -0.463 e. The molecule has 1 aliphatic heterocycles. The van der Waals surface area contributed by atoms with Gasteiger partial charge in [-0.25, -0.2) is 4.79 Å². The van der Waals surface area contributed by atoms with Crippen molar-refractivity contribution in [3.8, 4) is 0 Å². The molecule has 1 aliphatic rings. The lowest BCUT2D eigenvalue weighted by Crippen LogP contribution is -2.18. The lowest BCUT2D eigenvalue weighted by Gasteiger charge is -2.05. The molecular weight excluding hydrogens is 264 g/mol. The summed E-state index contributed by atoms with van der Waals surface area (Å²) in [4.78, 5) is 33.5. The highest BCUT2D eigenvalue weighted by molar-refractivity contribution is 8.14. The number of carbonyl (C=O) groups is 3. The summed E-state index contributed by atoms with van der Waals surface area (Å²) in [5.41, 5.74) is 0. The number of hydrogen-bond donors (Lipinski definition) is 0. The number of hydrogen-bond acceptors (Lipinski definition) is 8. The average Bonchev–Trinajstić information content (AvgIpc) is 2.34. The van der Waals surface area contributed by atoms with Crippen molar-refractivity contribution in [2.24, 2.45) is 0 Å². The van der Waals surface area contributed by atoms with Gasteiger partial charge < -0.3 is 18.9 Å². The summed E-state index contributed by atoms with van der Waals surface area (Å²) in [6.45, 7) is 0.104. The summed E-state index contributed by atoms with van der Waals surface area (Å²) in [7, 11) is 0. The number of rotatable bonds is 0. The van der Waals surface area contributed by atoms with Crippen LogP contribution in [0.15, 0.2) is 0 Å². The number of esters is 2. The van der Waals surface area contributed by atoms with Gasteiger partial charge in [-0.3, -0.25) is 9.59 Å². The molecule has 0 aromatic carbocycles. The Morgan fingerprint density at radius 3 is 2.17 bits per heavy atom. The van der Waals surface area contributed by atoms with E-state index < -0.39 is 11.9 Å². The molecule has 0 aromatic heterocycles. The molecule has 0 atom stereocenters. The fourth-order valence-corrected chi connectivity index (χ4v) is 1.54. The third kappa shape index (κ3) is 7.25. The molecule has 1 saturated heterocycles. The Labute approximate surface area is 108 Å². The predicted molar refractivity (Wildman–Crippen MR) is 61.0 cm³/mol. The Bertz CT molecular complexity index is 305. The highest BCUT2D eigenvalue weighted by Gasteiger charge is 2.11. The van der Waals surface area contributed by atoms with Crippen LogP contribution in [0.4, 0.5) is 0 Å². The summed E-state index contributed by atoms with van der Waals surface area (Å²) >= 11 is 0.786. The van der Waals surface area contributed by atoms with E-state index in [0.717, 1.165) is 11.8 Å². The lowest BCUT2D eigenvalue weighted by molar-refractivity contribution is -0.150. The molecule has 7 nitrogen and oxygen atoms in total. The first kappa shape index (κ1) is 14.9. The van der Waals surface area contributed by atoms with Crippen LogP contribution in [0.5, 0.6) is 0 Å². The second kappa shape index (κ2) is 8.90. The molecule has 0 aliphatic carbocycles. The second-order valence-electron chi connectivity index (χ2n) is 3.21. The average molecular weight is 278 g/mol. The predicted octanol–water partition coefficient (Wildman–Crippen LogP) is -0.621. The number of carbonyl (C=O) groups excluding carboxylic acids is 3. The van der Waals surface area contributed by atoms with E-state index in [1.54, 1.807) is 0 Å². The summed E-state index contributed by atoms with van der Waals surface area (Å²) in [6.07, 6.45) is 0. The third-order valence-electron chi connectivity index (χ3n) is 1.77. The SMILES string of the molecule is O=C1COCC(=O)SCC(=O)OCCOCCO1. The smallest absolute Gasteiger partial charge is 0.332 e. The van der Waals surface area contributed by atoms with Crippen molar-refractivity contribution in [3.05, 3.63) is 0 Å². The molecule has 8 heteroatoms. The van der Waals surface area contributed by atoms with Crippen LogP contribution in [0, 0.1) is 0 Å². The van der Waals surface area contributed by atoms with E-state index >= 15 is 0 Å². The van der Waals surface area contributed by atoms with Gasteiger partial charge in [0.1, 0.15) is 26.4 Å². The number of ether oxygens (including phenoxy) is 4.